The summed E-state index contributed by atoms with van der Waals surface area (Å²) in [6, 6.07) is 0. The first kappa shape index (κ1) is 19.5. The fourth-order valence-corrected chi connectivity index (χ4v) is 7.52. The van der Waals surface area contributed by atoms with E-state index in [1.54, 1.807) is 11.8 Å². The van der Waals surface area contributed by atoms with Crippen molar-refractivity contribution < 1.29 is 14.3 Å². The Kier molecular flexibility index (Phi) is 5.24. The second kappa shape index (κ2) is 7.24. The number of hydrogen-bond donors (Lipinski definition) is 0. The second-order valence-corrected chi connectivity index (χ2v) is 11.0. The van der Waals surface area contributed by atoms with Crippen LogP contribution in [0.1, 0.15) is 72.1 Å². The zero-order valence-corrected chi connectivity index (χ0v) is 17.9. The van der Waals surface area contributed by atoms with Gasteiger partial charge in [-0.05, 0) is 79.9 Å². The van der Waals surface area contributed by atoms with E-state index in [1.807, 2.05) is 6.08 Å². The molecule has 0 bridgehead atoms. The molecule has 0 aromatic carbocycles. The summed E-state index contributed by atoms with van der Waals surface area (Å²) in [5.74, 6) is 3.85. The Labute approximate surface area is 168 Å². The molecular formula is C23H34O3S. The van der Waals surface area contributed by atoms with E-state index in [0.717, 1.165) is 43.8 Å². The molecule has 0 amide bonds. The molecule has 4 aliphatic carbocycles. The van der Waals surface area contributed by atoms with Crippen LogP contribution in [0.25, 0.3) is 0 Å². The van der Waals surface area contributed by atoms with Gasteiger partial charge in [-0.25, -0.2) is 0 Å². The van der Waals surface area contributed by atoms with Crippen LogP contribution in [0.2, 0.25) is 0 Å². The van der Waals surface area contributed by atoms with Crippen molar-refractivity contribution in [3.63, 3.8) is 0 Å². The molecule has 6 unspecified atom stereocenters. The van der Waals surface area contributed by atoms with Gasteiger partial charge < -0.3 is 4.74 Å². The highest BCUT2D eigenvalue weighted by atomic mass is 32.2. The normalized spacial score (nSPS) is 43.4. The molecule has 4 aliphatic rings. The van der Waals surface area contributed by atoms with Crippen LogP contribution in [0, 0.1) is 28.6 Å². The quantitative estimate of drug-likeness (QED) is 0.620. The molecule has 3 saturated carbocycles. The molecule has 150 valence electrons. The number of allylic oxidation sites excluding steroid dienone is 1. The lowest BCUT2D eigenvalue weighted by Crippen LogP contribution is -2.51. The van der Waals surface area contributed by atoms with Gasteiger partial charge in [0.2, 0.25) is 0 Å². The average molecular weight is 391 g/mol. The van der Waals surface area contributed by atoms with Gasteiger partial charge in [0.05, 0.1) is 5.75 Å². The Morgan fingerprint density at radius 3 is 2.74 bits per heavy atom. The number of ether oxygens (including phenoxy) is 1. The van der Waals surface area contributed by atoms with Gasteiger partial charge >= 0.3 is 5.97 Å². The van der Waals surface area contributed by atoms with Gasteiger partial charge in [0, 0.05) is 11.8 Å². The van der Waals surface area contributed by atoms with Crippen LogP contribution >= 0.6 is 11.8 Å². The molecule has 0 aromatic heterocycles. The molecule has 0 radical (unpaired) electrons. The van der Waals surface area contributed by atoms with Crippen molar-refractivity contribution >= 4 is 23.5 Å². The molecule has 6 atom stereocenters. The fourth-order valence-electron chi connectivity index (χ4n) is 7.08. The first-order valence-electron chi connectivity index (χ1n) is 10.9. The number of ketones is 1. The highest BCUT2D eigenvalue weighted by Crippen LogP contribution is 2.65. The molecule has 27 heavy (non-hydrogen) atoms. The van der Waals surface area contributed by atoms with Gasteiger partial charge in [-0.3, -0.25) is 9.59 Å². The smallest absolute Gasteiger partial charge is 0.316 e. The summed E-state index contributed by atoms with van der Waals surface area (Å²) in [5.41, 5.74) is 1.81. The van der Waals surface area contributed by atoms with Crippen LogP contribution in [0.5, 0.6) is 0 Å². The van der Waals surface area contributed by atoms with Crippen LogP contribution in [-0.4, -0.2) is 29.4 Å². The van der Waals surface area contributed by atoms with Crippen molar-refractivity contribution in [1.82, 2.24) is 0 Å². The first-order valence-corrected chi connectivity index (χ1v) is 12.0. The first-order chi connectivity index (χ1) is 12.9. The van der Waals surface area contributed by atoms with Crippen molar-refractivity contribution in [2.45, 2.75) is 78.2 Å². The molecule has 4 heteroatoms. The van der Waals surface area contributed by atoms with E-state index in [0.29, 0.717) is 23.4 Å². The standard InChI is InChI=1S/C23H34O3S/c1-4-27-14-21(25)26-20-8-7-18-17-6-5-15-13-16(24)9-11-22(15,2)19(17)10-12-23(18,20)3/h13,17-20H,4-12,14H2,1-3H3. The maximum Gasteiger partial charge on any atom is 0.316 e. The van der Waals surface area contributed by atoms with E-state index in [9.17, 15) is 9.59 Å². The van der Waals surface area contributed by atoms with Gasteiger partial charge in [0.25, 0.3) is 0 Å². The summed E-state index contributed by atoms with van der Waals surface area (Å²) < 4.78 is 6.00. The van der Waals surface area contributed by atoms with Crippen LogP contribution in [0.4, 0.5) is 0 Å². The van der Waals surface area contributed by atoms with Crippen LogP contribution in [0.15, 0.2) is 11.6 Å². The van der Waals surface area contributed by atoms with Crippen molar-refractivity contribution in [3.05, 3.63) is 11.6 Å². The van der Waals surface area contributed by atoms with E-state index >= 15 is 0 Å². The zero-order chi connectivity index (χ0) is 19.2. The lowest BCUT2D eigenvalue weighted by molar-refractivity contribution is -0.156. The molecular weight excluding hydrogens is 356 g/mol. The fraction of sp³-hybridized carbons (Fsp3) is 0.826. The minimum atomic E-state index is -0.0255. The van der Waals surface area contributed by atoms with Crippen LogP contribution in [0.3, 0.4) is 0 Å². The average Bonchev–Trinajstić information content (AvgIpc) is 2.97. The lowest BCUT2D eigenvalue weighted by atomic mass is 9.47. The van der Waals surface area contributed by atoms with E-state index < -0.39 is 0 Å². The molecule has 0 N–H and O–H groups in total. The van der Waals surface area contributed by atoms with Gasteiger partial charge in [-0.1, -0.05) is 26.3 Å². The van der Waals surface area contributed by atoms with E-state index in [2.05, 4.69) is 20.8 Å². The van der Waals surface area contributed by atoms with Crippen LogP contribution < -0.4 is 0 Å². The number of hydrogen-bond acceptors (Lipinski definition) is 4. The molecule has 0 aromatic rings. The Bertz CT molecular complexity index is 656. The zero-order valence-electron chi connectivity index (χ0n) is 17.1. The SMILES string of the molecule is CCSCC(=O)OC1CCC2C3CCC4=CC(=O)CCC4(C)C3CCC12C. The third-order valence-corrected chi connectivity index (χ3v) is 9.42. The topological polar surface area (TPSA) is 43.4 Å². The number of rotatable bonds is 4. The maximum absolute atomic E-state index is 12.2. The van der Waals surface area contributed by atoms with Gasteiger partial charge in [0.15, 0.2) is 5.78 Å². The Morgan fingerprint density at radius 2 is 1.96 bits per heavy atom. The predicted molar refractivity (Wildman–Crippen MR) is 110 cm³/mol. The Hall–Kier alpha value is -0.770. The van der Waals surface area contributed by atoms with Crippen molar-refractivity contribution in [1.29, 1.82) is 0 Å². The number of carbonyl (C=O) groups excluding carboxylic acids is 2. The number of carbonyl (C=O) groups is 2. The summed E-state index contributed by atoms with van der Waals surface area (Å²) in [7, 11) is 0. The highest BCUT2D eigenvalue weighted by molar-refractivity contribution is 7.99. The van der Waals surface area contributed by atoms with E-state index in [-0.39, 0.29) is 22.9 Å². The van der Waals surface area contributed by atoms with E-state index in [4.69, 9.17) is 4.74 Å². The molecule has 0 heterocycles. The number of thioether (sulfide) groups is 1. The summed E-state index contributed by atoms with van der Waals surface area (Å²) in [6.07, 6.45) is 10.8. The third kappa shape index (κ3) is 3.20. The minimum Gasteiger partial charge on any atom is -0.461 e. The summed E-state index contributed by atoms with van der Waals surface area (Å²) in [5, 5.41) is 0. The number of fused-ring (bicyclic) bond motifs is 5. The number of esters is 1. The third-order valence-electron chi connectivity index (χ3n) is 8.57. The molecule has 4 rings (SSSR count). The molecule has 3 nitrogen and oxygen atoms in total. The predicted octanol–water partition coefficient (Wildman–Crippen LogP) is 5.18. The summed E-state index contributed by atoms with van der Waals surface area (Å²) in [4.78, 5) is 24.2. The Morgan fingerprint density at radius 1 is 1.15 bits per heavy atom. The van der Waals surface area contributed by atoms with Crippen molar-refractivity contribution in [2.24, 2.45) is 28.6 Å². The van der Waals surface area contributed by atoms with Crippen molar-refractivity contribution in [2.75, 3.05) is 11.5 Å². The van der Waals surface area contributed by atoms with Gasteiger partial charge in [0.1, 0.15) is 6.10 Å². The van der Waals surface area contributed by atoms with E-state index in [1.165, 1.54) is 24.8 Å². The summed E-state index contributed by atoms with van der Waals surface area (Å²) >= 11 is 1.65. The Balaban J connectivity index is 1.51. The lowest BCUT2D eigenvalue weighted by Gasteiger charge is -2.57. The molecule has 0 saturated heterocycles. The molecule has 0 aliphatic heterocycles. The monoisotopic (exact) mass is 390 g/mol. The molecule has 0 spiro atoms. The van der Waals surface area contributed by atoms with Crippen molar-refractivity contribution in [3.8, 4) is 0 Å². The minimum absolute atomic E-state index is 0.0255. The maximum atomic E-state index is 12.2. The van der Waals surface area contributed by atoms with Gasteiger partial charge in [-0.15, -0.1) is 0 Å². The second-order valence-electron chi connectivity index (χ2n) is 9.71. The van der Waals surface area contributed by atoms with Gasteiger partial charge in [-0.2, -0.15) is 11.8 Å². The van der Waals surface area contributed by atoms with Crippen LogP contribution in [-0.2, 0) is 14.3 Å². The largest absolute Gasteiger partial charge is 0.461 e. The summed E-state index contributed by atoms with van der Waals surface area (Å²) in [6.45, 7) is 6.90. The highest BCUT2D eigenvalue weighted by Gasteiger charge is 2.59. The molecule has 3 fully saturated rings.